The van der Waals surface area contributed by atoms with E-state index in [1.54, 1.807) is 24.4 Å². The molecule has 1 aliphatic heterocycles. The van der Waals surface area contributed by atoms with Gasteiger partial charge >= 0.3 is 12.2 Å². The molecule has 2 aromatic rings. The lowest BCUT2D eigenvalue weighted by Gasteiger charge is -2.37. The maximum Gasteiger partial charge on any atom is 0.427 e. The number of alkyl halides is 3. The minimum atomic E-state index is -4.92. The largest absolute Gasteiger partial charge is 0.427 e. The van der Waals surface area contributed by atoms with Crippen molar-refractivity contribution in [3.8, 4) is 11.8 Å². The number of anilines is 1. The van der Waals surface area contributed by atoms with Crippen molar-refractivity contribution < 1.29 is 22.4 Å². The lowest BCUT2D eigenvalue weighted by molar-refractivity contribution is -0.178. The van der Waals surface area contributed by atoms with Gasteiger partial charge in [-0.15, -0.1) is 0 Å². The van der Waals surface area contributed by atoms with Gasteiger partial charge in [0.05, 0.1) is 0 Å². The van der Waals surface area contributed by atoms with Crippen molar-refractivity contribution in [2.24, 2.45) is 5.92 Å². The van der Waals surface area contributed by atoms with Crippen molar-refractivity contribution in [1.82, 2.24) is 10.3 Å². The summed E-state index contributed by atoms with van der Waals surface area (Å²) in [5.41, 5.74) is -2.82. The number of hydrogen-bond acceptors (Lipinski definition) is 2. The first-order chi connectivity index (χ1) is 13.3. The molecule has 4 nitrogen and oxygen atoms in total. The van der Waals surface area contributed by atoms with Crippen LogP contribution in [0.4, 0.5) is 28.0 Å². The normalized spacial score (nSPS) is 21.1. The third-order valence-corrected chi connectivity index (χ3v) is 4.70. The van der Waals surface area contributed by atoms with Crippen molar-refractivity contribution in [1.29, 1.82) is 0 Å². The second-order valence-electron chi connectivity index (χ2n) is 6.86. The first-order valence-corrected chi connectivity index (χ1v) is 8.70. The van der Waals surface area contributed by atoms with Crippen molar-refractivity contribution in [3.63, 3.8) is 0 Å². The number of urea groups is 1. The zero-order valence-electron chi connectivity index (χ0n) is 14.5. The number of benzene rings is 1. The Bertz CT molecular complexity index is 990. The van der Waals surface area contributed by atoms with Gasteiger partial charge in [-0.25, -0.2) is 9.18 Å². The van der Waals surface area contributed by atoms with E-state index >= 15 is 0 Å². The van der Waals surface area contributed by atoms with Crippen molar-refractivity contribution in [2.75, 3.05) is 5.32 Å². The van der Waals surface area contributed by atoms with Gasteiger partial charge in [-0.3, -0.25) is 4.98 Å². The standard InChI is InChI=1S/C20H15F4N3O/c21-16-11-15-17(10-13(16)9-14-3-1-2-8-25-14)26-18(28)27-19(15,20(22,23)24)7-6-12-4-5-12/h1-3,8,10-12H,4-5,9H2,(H2,26,27,28)/t19-/m0/s1. The monoisotopic (exact) mass is 389 g/mol. The highest BCUT2D eigenvalue weighted by molar-refractivity contribution is 5.95. The minimum absolute atomic E-state index is 0.0794. The van der Waals surface area contributed by atoms with Crippen molar-refractivity contribution in [3.05, 3.63) is 59.2 Å². The number of rotatable bonds is 2. The number of halogens is 4. The fraction of sp³-hybridized carbons (Fsp3) is 0.300. The van der Waals surface area contributed by atoms with Crippen LogP contribution in [-0.4, -0.2) is 17.2 Å². The molecule has 1 aliphatic carbocycles. The number of nitrogens with zero attached hydrogens (tertiary/aromatic N) is 1. The van der Waals surface area contributed by atoms with Crippen LogP contribution in [0.15, 0.2) is 36.5 Å². The molecule has 144 valence electrons. The molecule has 1 aromatic heterocycles. The highest BCUT2D eigenvalue weighted by atomic mass is 19.4. The summed E-state index contributed by atoms with van der Waals surface area (Å²) in [6, 6.07) is 6.10. The Labute approximate surface area is 158 Å². The Morgan fingerprint density at radius 1 is 1.25 bits per heavy atom. The van der Waals surface area contributed by atoms with Crippen LogP contribution in [0.25, 0.3) is 0 Å². The average Bonchev–Trinajstić information content (AvgIpc) is 3.45. The molecule has 8 heteroatoms. The molecule has 0 saturated heterocycles. The van der Waals surface area contributed by atoms with Gasteiger partial charge in [0.1, 0.15) is 5.82 Å². The fourth-order valence-corrected chi connectivity index (χ4v) is 3.09. The van der Waals surface area contributed by atoms with E-state index in [4.69, 9.17) is 0 Å². The summed E-state index contributed by atoms with van der Waals surface area (Å²) in [5, 5.41) is 4.22. The van der Waals surface area contributed by atoms with E-state index in [1.807, 2.05) is 5.32 Å². The number of pyridine rings is 1. The smallest absolute Gasteiger partial charge is 0.310 e. The first-order valence-electron chi connectivity index (χ1n) is 8.70. The maximum atomic E-state index is 14.7. The lowest BCUT2D eigenvalue weighted by Crippen LogP contribution is -2.59. The zero-order valence-corrected chi connectivity index (χ0v) is 14.5. The number of amides is 2. The number of hydrogen-bond donors (Lipinski definition) is 2. The maximum absolute atomic E-state index is 14.7. The van der Waals surface area contributed by atoms with Gasteiger partial charge in [0, 0.05) is 35.5 Å². The summed E-state index contributed by atoms with van der Waals surface area (Å²) < 4.78 is 56.8. The van der Waals surface area contributed by atoms with Crippen LogP contribution < -0.4 is 10.6 Å². The van der Waals surface area contributed by atoms with E-state index in [-0.39, 0.29) is 23.6 Å². The fourth-order valence-electron chi connectivity index (χ4n) is 3.09. The van der Waals surface area contributed by atoms with Gasteiger partial charge < -0.3 is 10.6 Å². The summed E-state index contributed by atoms with van der Waals surface area (Å²) in [4.78, 5) is 16.1. The predicted molar refractivity (Wildman–Crippen MR) is 93.8 cm³/mol. The SMILES string of the molecule is O=C1Nc2cc(Cc3ccccn3)c(F)cc2[C@@](C#CC2CC2)(C(F)(F)F)N1. The quantitative estimate of drug-likeness (QED) is 0.600. The van der Waals surface area contributed by atoms with E-state index in [0.717, 1.165) is 18.9 Å². The lowest BCUT2D eigenvalue weighted by atomic mass is 9.85. The van der Waals surface area contributed by atoms with E-state index < -0.39 is 29.1 Å². The molecule has 28 heavy (non-hydrogen) atoms. The average molecular weight is 389 g/mol. The molecule has 1 fully saturated rings. The molecule has 0 unspecified atom stereocenters. The number of fused-ring (bicyclic) bond motifs is 1. The van der Waals surface area contributed by atoms with Crippen LogP contribution in [0.3, 0.4) is 0 Å². The Balaban J connectivity index is 1.82. The van der Waals surface area contributed by atoms with E-state index in [9.17, 15) is 22.4 Å². The van der Waals surface area contributed by atoms with Gasteiger partial charge in [-0.1, -0.05) is 17.9 Å². The van der Waals surface area contributed by atoms with Crippen LogP contribution in [0.1, 0.15) is 29.7 Å². The number of aromatic nitrogens is 1. The summed E-state index contributed by atoms with van der Waals surface area (Å²) in [7, 11) is 0. The van der Waals surface area contributed by atoms with E-state index in [2.05, 4.69) is 22.1 Å². The van der Waals surface area contributed by atoms with Crippen LogP contribution in [0.2, 0.25) is 0 Å². The molecule has 2 amide bonds. The third-order valence-electron chi connectivity index (χ3n) is 4.70. The second kappa shape index (κ2) is 6.51. The van der Waals surface area contributed by atoms with Crippen LogP contribution in [0.5, 0.6) is 0 Å². The molecule has 0 radical (unpaired) electrons. The molecule has 2 N–H and O–H groups in total. The Hall–Kier alpha value is -3.08. The van der Waals surface area contributed by atoms with Gasteiger partial charge in [0.2, 0.25) is 5.54 Å². The Kier molecular flexibility index (Phi) is 4.26. The number of carbonyl (C=O) groups excluding carboxylic acids is 1. The van der Waals surface area contributed by atoms with Crippen molar-refractivity contribution in [2.45, 2.75) is 31.0 Å². The molecule has 0 bridgehead atoms. The Morgan fingerprint density at radius 2 is 2.04 bits per heavy atom. The van der Waals surface area contributed by atoms with E-state index in [1.165, 1.54) is 6.07 Å². The van der Waals surface area contributed by atoms with E-state index in [0.29, 0.717) is 5.69 Å². The minimum Gasteiger partial charge on any atom is -0.310 e. The summed E-state index contributed by atoms with van der Waals surface area (Å²) >= 11 is 0. The van der Waals surface area contributed by atoms with Crippen molar-refractivity contribution >= 4 is 11.7 Å². The van der Waals surface area contributed by atoms with Crippen LogP contribution in [-0.2, 0) is 12.0 Å². The molecule has 1 atom stereocenters. The molecule has 4 rings (SSSR count). The number of nitrogens with one attached hydrogen (secondary N) is 2. The zero-order chi connectivity index (χ0) is 19.9. The molecule has 1 aromatic carbocycles. The molecule has 2 aliphatic rings. The summed E-state index contributed by atoms with van der Waals surface area (Å²) in [6.07, 6.45) is -1.86. The Morgan fingerprint density at radius 3 is 2.68 bits per heavy atom. The molecule has 1 saturated carbocycles. The van der Waals surface area contributed by atoms with Gasteiger partial charge in [0.25, 0.3) is 0 Å². The van der Waals surface area contributed by atoms with Gasteiger partial charge in [-0.05, 0) is 42.7 Å². The molecule has 0 spiro atoms. The first kappa shape index (κ1) is 18.3. The highest BCUT2D eigenvalue weighted by Gasteiger charge is 2.59. The highest BCUT2D eigenvalue weighted by Crippen LogP contribution is 2.45. The van der Waals surface area contributed by atoms with Gasteiger partial charge in [-0.2, -0.15) is 13.2 Å². The predicted octanol–water partition coefficient (Wildman–Crippen LogP) is 4.12. The number of carbonyl (C=O) groups is 1. The molecule has 2 heterocycles. The van der Waals surface area contributed by atoms with Crippen LogP contribution in [0, 0.1) is 23.6 Å². The van der Waals surface area contributed by atoms with Crippen LogP contribution >= 0.6 is 0 Å². The summed E-state index contributed by atoms with van der Waals surface area (Å²) in [5.74, 6) is 3.82. The van der Waals surface area contributed by atoms with Gasteiger partial charge in [0.15, 0.2) is 0 Å². The molecular weight excluding hydrogens is 374 g/mol. The molecular formula is C20H15F4N3O. The summed E-state index contributed by atoms with van der Waals surface area (Å²) in [6.45, 7) is 0. The third kappa shape index (κ3) is 3.28. The topological polar surface area (TPSA) is 54.0 Å². The second-order valence-corrected chi connectivity index (χ2v) is 6.86.